The van der Waals surface area contributed by atoms with E-state index >= 15 is 0 Å². The highest BCUT2D eigenvalue weighted by Gasteiger charge is 2.54. The van der Waals surface area contributed by atoms with Crippen LogP contribution in [0.4, 0.5) is 5.69 Å². The fraction of sp³-hybridized carbons (Fsp3) is 0.622. The molecule has 1 saturated carbocycles. The lowest BCUT2D eigenvalue weighted by atomic mass is 9.61. The van der Waals surface area contributed by atoms with Crippen molar-refractivity contribution in [2.75, 3.05) is 45.8 Å². The maximum absolute atomic E-state index is 13.7. The van der Waals surface area contributed by atoms with Crippen LogP contribution in [0.15, 0.2) is 41.3 Å². The number of carbonyl (C=O) groups excluding carboxylic acids is 2. The smallest absolute Gasteiger partial charge is 0.264 e. The number of hydrogen-bond donors (Lipinski definition) is 2. The molecule has 2 aromatic carbocycles. The lowest BCUT2D eigenvalue weighted by Gasteiger charge is -2.52. The van der Waals surface area contributed by atoms with Gasteiger partial charge in [-0.3, -0.25) is 9.59 Å². The molecular weight excluding hydrogens is 666 g/mol. The molecule has 10 nitrogen and oxygen atoms in total. The highest BCUT2D eigenvalue weighted by Crippen LogP contribution is 2.50. The summed E-state index contributed by atoms with van der Waals surface area (Å²) in [6, 6.07) is 10.9. The van der Waals surface area contributed by atoms with E-state index in [0.717, 1.165) is 32.1 Å². The third kappa shape index (κ3) is 6.68. The van der Waals surface area contributed by atoms with Crippen LogP contribution in [0, 0.1) is 23.7 Å². The van der Waals surface area contributed by atoms with Crippen molar-refractivity contribution in [3.63, 3.8) is 0 Å². The summed E-state index contributed by atoms with van der Waals surface area (Å²) in [5.74, 6) is -1.31. The minimum absolute atomic E-state index is 0.00175. The van der Waals surface area contributed by atoms with Crippen molar-refractivity contribution in [2.24, 2.45) is 23.7 Å². The van der Waals surface area contributed by atoms with Gasteiger partial charge in [0.15, 0.2) is 6.10 Å². The van der Waals surface area contributed by atoms with Crippen LogP contribution in [0.1, 0.15) is 69.9 Å². The number of carbonyl (C=O) groups is 2. The second-order valence-corrected chi connectivity index (χ2v) is 17.3. The number of aliphatic hydroxyl groups is 1. The number of hydrogen-bond acceptors (Lipinski definition) is 8. The first-order valence-corrected chi connectivity index (χ1v) is 19.4. The van der Waals surface area contributed by atoms with Crippen LogP contribution in [0.5, 0.6) is 5.75 Å². The first kappa shape index (κ1) is 35.9. The number of aryl methyl sites for hydroxylation is 1. The molecule has 7 atom stereocenters. The van der Waals surface area contributed by atoms with Gasteiger partial charge in [-0.25, -0.2) is 13.1 Å². The van der Waals surface area contributed by atoms with Crippen LogP contribution >= 0.6 is 11.6 Å². The molecule has 2 aromatic rings. The first-order valence-electron chi connectivity index (χ1n) is 17.5. The molecule has 0 radical (unpaired) electrons. The Morgan fingerprint density at radius 2 is 1.90 bits per heavy atom. The molecule has 1 fully saturated rings. The number of benzene rings is 2. The van der Waals surface area contributed by atoms with E-state index in [1.54, 1.807) is 33.2 Å². The van der Waals surface area contributed by atoms with Gasteiger partial charge < -0.3 is 24.4 Å². The predicted molar refractivity (Wildman–Crippen MR) is 188 cm³/mol. The fourth-order valence-corrected chi connectivity index (χ4v) is 10.0. The van der Waals surface area contributed by atoms with Crippen molar-refractivity contribution in [2.45, 2.75) is 87.2 Å². The number of nitrogens with one attached hydrogen (secondary N) is 1. The van der Waals surface area contributed by atoms with Gasteiger partial charge in [0.2, 0.25) is 5.91 Å². The molecule has 0 saturated heterocycles. The summed E-state index contributed by atoms with van der Waals surface area (Å²) in [6.45, 7) is 5.12. The molecule has 12 heteroatoms. The molecule has 268 valence electrons. The van der Waals surface area contributed by atoms with E-state index in [1.807, 2.05) is 19.1 Å². The summed E-state index contributed by atoms with van der Waals surface area (Å²) in [5, 5.41) is 13.3. The van der Waals surface area contributed by atoms with Gasteiger partial charge in [0, 0.05) is 50.7 Å². The van der Waals surface area contributed by atoms with Crippen LogP contribution in [0.2, 0.25) is 5.02 Å². The van der Waals surface area contributed by atoms with Crippen molar-refractivity contribution < 1.29 is 32.6 Å². The largest absolute Gasteiger partial charge is 0.490 e. The zero-order valence-electron chi connectivity index (χ0n) is 29.2. The average Bonchev–Trinajstić information content (AvgIpc) is 3.18. The Balaban J connectivity index is 1.47. The van der Waals surface area contributed by atoms with E-state index in [-0.39, 0.29) is 34.0 Å². The van der Waals surface area contributed by atoms with Crippen LogP contribution in [0.25, 0.3) is 0 Å². The summed E-state index contributed by atoms with van der Waals surface area (Å²) < 4.78 is 42.1. The zero-order valence-corrected chi connectivity index (χ0v) is 30.8. The van der Waals surface area contributed by atoms with Crippen molar-refractivity contribution in [1.29, 1.82) is 0 Å². The Hall–Kier alpha value is -2.86. The second kappa shape index (κ2) is 13.7. The Kier molecular flexibility index (Phi) is 10.0. The first-order chi connectivity index (χ1) is 23.2. The number of amides is 2. The minimum atomic E-state index is -4.17. The van der Waals surface area contributed by atoms with Crippen molar-refractivity contribution >= 4 is 39.1 Å². The Bertz CT molecular complexity index is 1700. The topological polar surface area (TPSA) is 125 Å². The van der Waals surface area contributed by atoms with E-state index in [4.69, 9.17) is 21.1 Å². The van der Waals surface area contributed by atoms with E-state index in [0.29, 0.717) is 55.4 Å². The van der Waals surface area contributed by atoms with Gasteiger partial charge in [0.25, 0.3) is 15.9 Å². The van der Waals surface area contributed by atoms with Gasteiger partial charge in [-0.1, -0.05) is 37.9 Å². The Morgan fingerprint density at radius 3 is 2.59 bits per heavy atom. The molecule has 2 aliphatic carbocycles. The van der Waals surface area contributed by atoms with Gasteiger partial charge in [0.05, 0.1) is 17.2 Å². The molecular formula is C37H50ClN3O7S. The number of sulfonamides is 1. The molecule has 2 heterocycles. The maximum Gasteiger partial charge on any atom is 0.264 e. The van der Waals surface area contributed by atoms with Crippen molar-refractivity contribution in [1.82, 2.24) is 9.62 Å². The summed E-state index contributed by atoms with van der Waals surface area (Å²) >= 11 is 6.44. The number of ether oxygens (including phenoxy) is 2. The molecule has 49 heavy (non-hydrogen) atoms. The van der Waals surface area contributed by atoms with Gasteiger partial charge in [-0.2, -0.15) is 0 Å². The van der Waals surface area contributed by atoms with E-state index in [9.17, 15) is 23.1 Å². The number of likely N-dealkylation sites (N-methyl/N-ethyl adjacent to an activating group) is 1. The third-order valence-corrected chi connectivity index (χ3v) is 13.5. The molecule has 2 N–H and O–H groups in total. The zero-order chi connectivity index (χ0) is 35.3. The highest BCUT2D eigenvalue weighted by atomic mass is 35.5. The van der Waals surface area contributed by atoms with Gasteiger partial charge in [-0.05, 0) is 104 Å². The number of fused-ring (bicyclic) bond motifs is 4. The molecule has 4 aliphatic rings. The lowest BCUT2D eigenvalue weighted by Crippen LogP contribution is -2.61. The monoisotopic (exact) mass is 715 g/mol. The molecule has 2 amide bonds. The summed E-state index contributed by atoms with van der Waals surface area (Å²) in [5.41, 5.74) is 1.18. The molecule has 2 aliphatic heterocycles. The predicted octanol–water partition coefficient (Wildman–Crippen LogP) is 4.93. The quantitative estimate of drug-likeness (QED) is 0.459. The Morgan fingerprint density at radius 1 is 1.12 bits per heavy atom. The standard InChI is InChI=1S/C37H50ClN3O7S/c1-23-8-6-17-37(44,33(47-5)35(43)40(3)4)30-13-10-26(30)20-41-21-36(16-7-9-25-18-27(38)11-14-29(25)36)22-48-32-15-12-28(19-31(32)41)49(45,46)39-34(42)24(23)2/h11-12,14-15,18-19,23-24,26,30,33,44H,6-10,13,16-17,20-22H2,1-5H3,(H,39,42)/t23-,24+,26-,30+,33?,36-,37-/m0/s1. The van der Waals surface area contributed by atoms with Crippen LogP contribution in [0.3, 0.4) is 0 Å². The molecule has 1 spiro atoms. The number of halogens is 1. The van der Waals surface area contributed by atoms with E-state index in [1.165, 1.54) is 29.2 Å². The average molecular weight is 716 g/mol. The third-order valence-electron chi connectivity index (χ3n) is 11.9. The number of nitrogens with zero attached hydrogens (tertiary/aromatic N) is 2. The second-order valence-electron chi connectivity index (χ2n) is 15.1. The van der Waals surface area contributed by atoms with Crippen molar-refractivity contribution in [3.05, 3.63) is 52.5 Å². The van der Waals surface area contributed by atoms with Gasteiger partial charge in [0.1, 0.15) is 11.4 Å². The number of methoxy groups -OCH3 is 1. The number of rotatable bonds is 3. The minimum Gasteiger partial charge on any atom is -0.490 e. The Labute approximate surface area is 295 Å². The molecule has 0 aromatic heterocycles. The number of anilines is 1. The summed E-state index contributed by atoms with van der Waals surface area (Å²) in [7, 11) is 0.645. The highest BCUT2D eigenvalue weighted by molar-refractivity contribution is 7.90. The van der Waals surface area contributed by atoms with Crippen LogP contribution in [-0.2, 0) is 36.2 Å². The normalized spacial score (nSPS) is 32.0. The fourth-order valence-electron chi connectivity index (χ4n) is 8.75. The summed E-state index contributed by atoms with van der Waals surface area (Å²) in [6.07, 6.45) is 4.68. The van der Waals surface area contributed by atoms with Crippen LogP contribution < -0.4 is 14.4 Å². The maximum atomic E-state index is 13.7. The molecule has 1 unspecified atom stereocenters. The van der Waals surface area contributed by atoms with Gasteiger partial charge >= 0.3 is 0 Å². The molecule has 6 rings (SSSR count). The summed E-state index contributed by atoms with van der Waals surface area (Å²) in [4.78, 5) is 30.5. The van der Waals surface area contributed by atoms with E-state index < -0.39 is 33.6 Å². The van der Waals surface area contributed by atoms with Crippen molar-refractivity contribution in [3.8, 4) is 5.75 Å². The SMILES string of the molecule is COC(C(=O)N(C)C)[C@]1(O)CCC[C@H](C)[C@@H](C)C(=O)NS(=O)(=O)c2ccc3c(c2)N(C[C@@H]2CC[C@H]21)C[C@@]1(CCCc2cc(Cl)ccc21)CO3. The van der Waals surface area contributed by atoms with E-state index in [2.05, 4.69) is 15.7 Å². The lowest BCUT2D eigenvalue weighted by molar-refractivity contribution is -0.185. The van der Waals surface area contributed by atoms with Crippen LogP contribution in [-0.4, -0.2) is 82.8 Å². The molecule has 2 bridgehead atoms. The van der Waals surface area contributed by atoms with Gasteiger partial charge in [-0.15, -0.1) is 0 Å².